The fourth-order valence-electron chi connectivity index (χ4n) is 2.74. The molecule has 1 saturated heterocycles. The first kappa shape index (κ1) is 16.3. The van der Waals surface area contributed by atoms with E-state index in [0.29, 0.717) is 24.5 Å². The number of methoxy groups -OCH3 is 1. The van der Waals surface area contributed by atoms with Crippen LogP contribution in [0.4, 0.5) is 0 Å². The van der Waals surface area contributed by atoms with Crippen LogP contribution in [0, 0.1) is 0 Å². The molecule has 8 nitrogen and oxygen atoms in total. The van der Waals surface area contributed by atoms with Gasteiger partial charge in [0.2, 0.25) is 5.69 Å². The molecule has 0 bridgehead atoms. The highest BCUT2D eigenvalue weighted by Gasteiger charge is 2.33. The lowest BCUT2D eigenvalue weighted by Gasteiger charge is -2.33. The van der Waals surface area contributed by atoms with E-state index in [9.17, 15) is 9.90 Å². The summed E-state index contributed by atoms with van der Waals surface area (Å²) in [6, 6.07) is 6.89. The Morgan fingerprint density at radius 2 is 1.96 bits per heavy atom. The van der Waals surface area contributed by atoms with Crippen molar-refractivity contribution in [3.05, 3.63) is 30.0 Å². The fraction of sp³-hybridized carbons (Fsp3) is 0.438. The van der Waals surface area contributed by atoms with Gasteiger partial charge in [0, 0.05) is 38.3 Å². The SMILES string of the molecule is CCN1CCN(C(=O)c2c([O-])on[n+]2-c2ccc(OC)cc2)CC1. The van der Waals surface area contributed by atoms with E-state index in [2.05, 4.69) is 17.1 Å². The van der Waals surface area contributed by atoms with Crippen LogP contribution in [0.15, 0.2) is 28.8 Å². The highest BCUT2D eigenvalue weighted by Crippen LogP contribution is 2.16. The van der Waals surface area contributed by atoms with Gasteiger partial charge in [-0.1, -0.05) is 6.92 Å². The molecule has 8 heteroatoms. The number of piperazine rings is 1. The summed E-state index contributed by atoms with van der Waals surface area (Å²) in [6.45, 7) is 5.80. The van der Waals surface area contributed by atoms with E-state index in [4.69, 9.17) is 9.26 Å². The average Bonchev–Trinajstić information content (AvgIpc) is 3.02. The van der Waals surface area contributed by atoms with Gasteiger partial charge in [-0.25, -0.2) is 0 Å². The molecule has 0 unspecified atom stereocenters. The van der Waals surface area contributed by atoms with Crippen molar-refractivity contribution in [2.24, 2.45) is 0 Å². The fourth-order valence-corrected chi connectivity index (χ4v) is 2.74. The molecular weight excluding hydrogens is 312 g/mol. The third-order valence-corrected chi connectivity index (χ3v) is 4.24. The van der Waals surface area contributed by atoms with Gasteiger partial charge in [-0.3, -0.25) is 4.79 Å². The summed E-state index contributed by atoms with van der Waals surface area (Å²) in [6.07, 6.45) is 0. The highest BCUT2D eigenvalue weighted by molar-refractivity contribution is 5.92. The molecule has 1 aromatic carbocycles. The van der Waals surface area contributed by atoms with Crippen LogP contribution in [0.2, 0.25) is 0 Å². The second kappa shape index (κ2) is 6.88. The quantitative estimate of drug-likeness (QED) is 0.722. The number of hydrogen-bond donors (Lipinski definition) is 0. The number of benzene rings is 1. The van der Waals surface area contributed by atoms with Gasteiger partial charge in [-0.05, 0) is 23.4 Å². The lowest BCUT2D eigenvalue weighted by atomic mass is 10.2. The molecule has 0 radical (unpaired) electrons. The van der Waals surface area contributed by atoms with Gasteiger partial charge >= 0.3 is 11.6 Å². The van der Waals surface area contributed by atoms with E-state index in [-0.39, 0.29) is 11.6 Å². The predicted molar refractivity (Wildman–Crippen MR) is 82.1 cm³/mol. The summed E-state index contributed by atoms with van der Waals surface area (Å²) in [4.78, 5) is 16.7. The highest BCUT2D eigenvalue weighted by atomic mass is 16.6. The van der Waals surface area contributed by atoms with Gasteiger partial charge in [0.15, 0.2) is 5.95 Å². The van der Waals surface area contributed by atoms with Crippen molar-refractivity contribution in [3.8, 4) is 17.4 Å². The number of carbonyl (C=O) groups excluding carboxylic acids is 1. The van der Waals surface area contributed by atoms with Crippen molar-refractivity contribution in [2.75, 3.05) is 39.8 Å². The zero-order chi connectivity index (χ0) is 17.1. The molecule has 24 heavy (non-hydrogen) atoms. The van der Waals surface area contributed by atoms with Crippen molar-refractivity contribution in [3.63, 3.8) is 0 Å². The molecule has 0 saturated carbocycles. The monoisotopic (exact) mass is 332 g/mol. The van der Waals surface area contributed by atoms with Crippen LogP contribution in [-0.4, -0.2) is 60.8 Å². The van der Waals surface area contributed by atoms with Crippen molar-refractivity contribution in [2.45, 2.75) is 6.92 Å². The summed E-state index contributed by atoms with van der Waals surface area (Å²) < 4.78 is 11.1. The molecule has 0 spiro atoms. The average molecular weight is 332 g/mol. The maximum Gasteiger partial charge on any atom is 0.327 e. The van der Waals surface area contributed by atoms with Crippen molar-refractivity contribution in [1.82, 2.24) is 15.1 Å². The zero-order valence-electron chi connectivity index (χ0n) is 13.8. The summed E-state index contributed by atoms with van der Waals surface area (Å²) in [7, 11) is 1.57. The van der Waals surface area contributed by atoms with Crippen LogP contribution in [-0.2, 0) is 0 Å². The van der Waals surface area contributed by atoms with Crippen LogP contribution in [0.3, 0.4) is 0 Å². The first-order valence-electron chi connectivity index (χ1n) is 7.89. The van der Waals surface area contributed by atoms with Gasteiger partial charge in [0.05, 0.1) is 12.4 Å². The van der Waals surface area contributed by atoms with Crippen LogP contribution < -0.4 is 14.5 Å². The van der Waals surface area contributed by atoms with Gasteiger partial charge in [-0.15, -0.1) is 0 Å². The topological polar surface area (TPSA) is 85.8 Å². The first-order valence-corrected chi connectivity index (χ1v) is 7.89. The Balaban J connectivity index is 1.85. The number of likely N-dealkylation sites (N-methyl/N-ethyl adjacent to an activating group) is 1. The Kier molecular flexibility index (Phi) is 4.66. The number of ether oxygens (including phenoxy) is 1. The van der Waals surface area contributed by atoms with E-state index in [1.54, 1.807) is 36.3 Å². The predicted octanol–water partition coefficient (Wildman–Crippen LogP) is -0.189. The number of amides is 1. The lowest BCUT2D eigenvalue weighted by molar-refractivity contribution is -0.672. The van der Waals surface area contributed by atoms with E-state index in [1.165, 1.54) is 4.68 Å². The zero-order valence-corrected chi connectivity index (χ0v) is 13.8. The molecule has 0 N–H and O–H groups in total. The van der Waals surface area contributed by atoms with Crippen molar-refractivity contribution < 1.29 is 23.8 Å². The van der Waals surface area contributed by atoms with Crippen LogP contribution >= 0.6 is 0 Å². The van der Waals surface area contributed by atoms with E-state index in [0.717, 1.165) is 19.6 Å². The lowest BCUT2D eigenvalue weighted by Crippen LogP contribution is -2.51. The molecular formula is C16H20N4O4. The van der Waals surface area contributed by atoms with Gasteiger partial charge in [0.1, 0.15) is 5.75 Å². The summed E-state index contributed by atoms with van der Waals surface area (Å²) >= 11 is 0. The molecule has 1 aromatic heterocycles. The molecule has 0 atom stereocenters. The molecule has 2 heterocycles. The van der Waals surface area contributed by atoms with Crippen molar-refractivity contribution >= 4 is 5.91 Å². The maximum atomic E-state index is 12.8. The Hall–Kier alpha value is -2.61. The molecule has 3 rings (SSSR count). The summed E-state index contributed by atoms with van der Waals surface area (Å²) in [5.41, 5.74) is 0.488. The largest absolute Gasteiger partial charge is 0.538 e. The number of rotatable bonds is 4. The Morgan fingerprint density at radius 1 is 1.29 bits per heavy atom. The molecule has 2 aromatic rings. The minimum absolute atomic E-state index is 0.0786. The van der Waals surface area contributed by atoms with Crippen LogP contribution in [0.5, 0.6) is 11.7 Å². The minimum atomic E-state index is -0.728. The Bertz CT molecular complexity index is 705. The third kappa shape index (κ3) is 3.05. The van der Waals surface area contributed by atoms with E-state index in [1.807, 2.05) is 0 Å². The second-order valence-corrected chi connectivity index (χ2v) is 5.55. The molecule has 128 valence electrons. The smallest absolute Gasteiger partial charge is 0.327 e. The van der Waals surface area contributed by atoms with E-state index < -0.39 is 5.95 Å². The van der Waals surface area contributed by atoms with Gasteiger partial charge < -0.3 is 24.2 Å². The van der Waals surface area contributed by atoms with Gasteiger partial charge in [-0.2, -0.15) is 0 Å². The summed E-state index contributed by atoms with van der Waals surface area (Å²) in [5, 5.41) is 15.7. The van der Waals surface area contributed by atoms with Gasteiger partial charge in [0.25, 0.3) is 0 Å². The standard InChI is InChI=1S/C16H20N4O4/c1-3-18-8-10-19(11-9-18)15(21)14-16(22)24-17-20(14)12-4-6-13(23-2)7-5-12/h4-7H,3,8-11H2,1-2H3. The molecule has 1 amide bonds. The number of nitrogens with zero attached hydrogens (tertiary/aromatic N) is 4. The van der Waals surface area contributed by atoms with Crippen molar-refractivity contribution in [1.29, 1.82) is 0 Å². The first-order chi connectivity index (χ1) is 11.6. The third-order valence-electron chi connectivity index (χ3n) is 4.24. The maximum absolute atomic E-state index is 12.8. The number of carbonyl (C=O) groups is 1. The molecule has 1 aliphatic heterocycles. The Labute approximate surface area is 139 Å². The normalized spacial score (nSPS) is 15.5. The second-order valence-electron chi connectivity index (χ2n) is 5.55. The minimum Gasteiger partial charge on any atom is -0.538 e. The van der Waals surface area contributed by atoms with E-state index >= 15 is 0 Å². The summed E-state index contributed by atoms with van der Waals surface area (Å²) in [5.74, 6) is -0.407. The van der Waals surface area contributed by atoms with Crippen LogP contribution in [0.25, 0.3) is 5.69 Å². The molecule has 0 aliphatic carbocycles. The Morgan fingerprint density at radius 3 is 2.54 bits per heavy atom. The molecule has 1 fully saturated rings. The number of aromatic nitrogens is 2. The van der Waals surface area contributed by atoms with Crippen LogP contribution in [0.1, 0.15) is 17.4 Å². The molecule has 1 aliphatic rings. The number of hydrogen-bond acceptors (Lipinski definition) is 6.